The molecule has 2 amide bonds. The van der Waals surface area contributed by atoms with Gasteiger partial charge in [-0.15, -0.1) is 10.2 Å². The monoisotopic (exact) mass is 670 g/mol. The van der Waals surface area contributed by atoms with Crippen molar-refractivity contribution in [3.8, 4) is 23.3 Å². The second-order valence-corrected chi connectivity index (χ2v) is 13.8. The van der Waals surface area contributed by atoms with E-state index in [1.807, 2.05) is 48.0 Å². The molecule has 2 N–H and O–H groups in total. The van der Waals surface area contributed by atoms with Crippen molar-refractivity contribution in [1.29, 1.82) is 0 Å². The summed E-state index contributed by atoms with van der Waals surface area (Å²) in [6, 6.07) is 9.59. The van der Waals surface area contributed by atoms with Crippen LogP contribution in [0.25, 0.3) is 5.69 Å². The van der Waals surface area contributed by atoms with Gasteiger partial charge in [0.25, 0.3) is 0 Å². The van der Waals surface area contributed by atoms with Crippen LogP contribution in [0, 0.1) is 30.6 Å². The number of aryl methyl sites for hydroxylation is 1. The Hall–Kier alpha value is -4.30. The van der Waals surface area contributed by atoms with E-state index < -0.39 is 6.09 Å². The first-order valence-corrected chi connectivity index (χ1v) is 17.9. The van der Waals surface area contributed by atoms with E-state index >= 15 is 0 Å². The molecule has 2 atom stereocenters. The van der Waals surface area contributed by atoms with Crippen LogP contribution in [-0.4, -0.2) is 56.7 Å². The van der Waals surface area contributed by atoms with E-state index in [-0.39, 0.29) is 31.6 Å². The summed E-state index contributed by atoms with van der Waals surface area (Å²) >= 11 is 1.78. The molecule has 48 heavy (non-hydrogen) atoms. The smallest absolute Gasteiger partial charge is 0.408 e. The molecule has 1 aromatic carbocycles. The number of amides is 2. The number of thioether (sulfide) groups is 1. The second kappa shape index (κ2) is 17.7. The molecule has 0 radical (unpaired) electrons. The van der Waals surface area contributed by atoms with Gasteiger partial charge in [-0.2, -0.15) is 0 Å². The molecule has 11 heteroatoms. The van der Waals surface area contributed by atoms with E-state index in [2.05, 4.69) is 51.2 Å². The number of carbonyl (C=O) groups is 2. The molecule has 2 saturated carbocycles. The molecule has 10 nitrogen and oxygen atoms in total. The zero-order valence-corrected chi connectivity index (χ0v) is 28.8. The minimum absolute atomic E-state index is 0.0141. The van der Waals surface area contributed by atoms with E-state index in [1.165, 1.54) is 31.3 Å². The van der Waals surface area contributed by atoms with Gasteiger partial charge in [0.05, 0.1) is 11.9 Å². The summed E-state index contributed by atoms with van der Waals surface area (Å²) in [5.74, 6) is 8.29. The Kier molecular flexibility index (Phi) is 12.9. The van der Waals surface area contributed by atoms with Gasteiger partial charge in [0, 0.05) is 36.5 Å². The maximum Gasteiger partial charge on any atom is 0.408 e. The SMILES string of the molecule is C=C1C[C@@H](CC)CCC1CC(=O)NCCNC(=O)OCC#Cc1ccc(OCc2nnc(SC3CCCC3)n2-c2cccnc2)cc1C. The molecule has 0 spiro atoms. The molecule has 3 aromatic rings. The number of ether oxygens (including phenoxy) is 2. The van der Waals surface area contributed by atoms with Crippen molar-refractivity contribution in [1.82, 2.24) is 30.4 Å². The topological polar surface area (TPSA) is 120 Å². The third-order valence-corrected chi connectivity index (χ3v) is 10.3. The Morgan fingerprint density at radius 2 is 1.94 bits per heavy atom. The van der Waals surface area contributed by atoms with Gasteiger partial charge < -0.3 is 20.1 Å². The maximum atomic E-state index is 12.3. The molecular formula is C37H46N6O4S. The van der Waals surface area contributed by atoms with Crippen LogP contribution < -0.4 is 15.4 Å². The van der Waals surface area contributed by atoms with Crippen molar-refractivity contribution in [2.45, 2.75) is 88.6 Å². The first kappa shape index (κ1) is 35.0. The average Bonchev–Trinajstić information content (AvgIpc) is 3.76. The van der Waals surface area contributed by atoms with Crippen LogP contribution in [0.3, 0.4) is 0 Å². The van der Waals surface area contributed by atoms with Crippen LogP contribution in [0.1, 0.15) is 81.7 Å². The molecule has 254 valence electrons. The summed E-state index contributed by atoms with van der Waals surface area (Å²) in [6.07, 6.45) is 12.7. The Bertz CT molecular complexity index is 1610. The maximum absolute atomic E-state index is 12.3. The number of hydrogen-bond acceptors (Lipinski definition) is 8. The summed E-state index contributed by atoms with van der Waals surface area (Å²) in [7, 11) is 0. The zero-order chi connectivity index (χ0) is 33.7. The first-order chi connectivity index (χ1) is 23.4. The number of benzene rings is 1. The number of pyridine rings is 1. The van der Waals surface area contributed by atoms with Crippen LogP contribution in [0.2, 0.25) is 0 Å². The van der Waals surface area contributed by atoms with Crippen molar-refractivity contribution < 1.29 is 19.1 Å². The Labute approximate surface area is 287 Å². The van der Waals surface area contributed by atoms with Gasteiger partial charge in [-0.25, -0.2) is 4.79 Å². The summed E-state index contributed by atoms with van der Waals surface area (Å²) in [6.45, 7) is 9.18. The third-order valence-electron chi connectivity index (χ3n) is 9.02. The fourth-order valence-corrected chi connectivity index (χ4v) is 7.48. The Balaban J connectivity index is 1.03. The van der Waals surface area contributed by atoms with Crippen molar-refractivity contribution in [3.05, 3.63) is 71.8 Å². The molecule has 0 saturated heterocycles. The highest BCUT2D eigenvalue weighted by Crippen LogP contribution is 2.36. The van der Waals surface area contributed by atoms with Crippen molar-refractivity contribution in [2.75, 3.05) is 19.7 Å². The van der Waals surface area contributed by atoms with E-state index in [0.717, 1.165) is 47.7 Å². The van der Waals surface area contributed by atoms with Crippen LogP contribution in [0.15, 0.2) is 60.0 Å². The van der Waals surface area contributed by atoms with Crippen molar-refractivity contribution in [3.63, 3.8) is 0 Å². The number of nitrogens with zero attached hydrogens (tertiary/aromatic N) is 4. The molecule has 2 fully saturated rings. The zero-order valence-electron chi connectivity index (χ0n) is 28.0. The fraction of sp³-hybridized carbons (Fsp3) is 0.486. The normalized spacial score (nSPS) is 17.8. The highest BCUT2D eigenvalue weighted by Gasteiger charge is 2.25. The van der Waals surface area contributed by atoms with Gasteiger partial charge in [0.15, 0.2) is 17.6 Å². The van der Waals surface area contributed by atoms with Crippen LogP contribution >= 0.6 is 11.8 Å². The molecule has 1 unspecified atom stereocenters. The molecule has 0 aliphatic heterocycles. The average molecular weight is 671 g/mol. The Morgan fingerprint density at radius 1 is 1.10 bits per heavy atom. The minimum atomic E-state index is -0.575. The number of alkyl carbamates (subject to hydrolysis) is 1. The molecule has 2 aromatic heterocycles. The molecule has 5 rings (SSSR count). The highest BCUT2D eigenvalue weighted by atomic mass is 32.2. The molecule has 2 aliphatic carbocycles. The quantitative estimate of drug-likeness (QED) is 0.119. The van der Waals surface area contributed by atoms with Gasteiger partial charge >= 0.3 is 6.09 Å². The summed E-state index contributed by atoms with van der Waals surface area (Å²) < 4.78 is 13.3. The molecule has 2 aliphatic rings. The van der Waals surface area contributed by atoms with Crippen molar-refractivity contribution in [2.24, 2.45) is 11.8 Å². The van der Waals surface area contributed by atoms with E-state index in [1.54, 1.807) is 18.0 Å². The Morgan fingerprint density at radius 3 is 2.69 bits per heavy atom. The largest absolute Gasteiger partial charge is 0.486 e. The van der Waals surface area contributed by atoms with Crippen LogP contribution in [0.5, 0.6) is 5.75 Å². The number of allylic oxidation sites excluding steroid dienone is 1. The summed E-state index contributed by atoms with van der Waals surface area (Å²) in [5, 5.41) is 15.9. The van der Waals surface area contributed by atoms with Crippen LogP contribution in [0.4, 0.5) is 4.79 Å². The molecule has 2 heterocycles. The number of nitrogens with one attached hydrogen (secondary N) is 2. The molecule has 0 bridgehead atoms. The standard InChI is InChI=1S/C37H46N6O4S/c1-4-28-13-14-30(26(2)21-28)23-35(44)39-18-19-40-37(45)46-20-8-9-29-15-16-32(22-27(29)3)47-25-34-41-42-36(48-33-11-5-6-12-33)43(34)31-10-7-17-38-24-31/h7,10,15-17,22,24,28,30,33H,2,4-6,11-14,18-21,23,25H2,1,3H3,(H,39,44)(H,40,45)/t28-,30?/m0/s1. The lowest BCUT2D eigenvalue weighted by Gasteiger charge is -2.29. The lowest BCUT2D eigenvalue weighted by atomic mass is 9.76. The van der Waals surface area contributed by atoms with Gasteiger partial charge in [-0.05, 0) is 86.8 Å². The lowest BCUT2D eigenvalue weighted by Crippen LogP contribution is -2.36. The number of hydrogen-bond donors (Lipinski definition) is 2. The van der Waals surface area contributed by atoms with Gasteiger partial charge in [-0.1, -0.05) is 61.9 Å². The fourth-order valence-electron chi connectivity index (χ4n) is 6.21. The summed E-state index contributed by atoms with van der Waals surface area (Å²) in [4.78, 5) is 28.7. The predicted octanol–water partition coefficient (Wildman–Crippen LogP) is 6.55. The van der Waals surface area contributed by atoms with Gasteiger partial charge in [-0.3, -0.25) is 14.3 Å². The highest BCUT2D eigenvalue weighted by molar-refractivity contribution is 7.99. The van der Waals surface area contributed by atoms with E-state index in [4.69, 9.17) is 9.47 Å². The number of rotatable bonds is 13. The van der Waals surface area contributed by atoms with Crippen molar-refractivity contribution >= 4 is 23.8 Å². The third kappa shape index (κ3) is 10.1. The molecular weight excluding hydrogens is 625 g/mol. The van der Waals surface area contributed by atoms with E-state index in [9.17, 15) is 9.59 Å². The van der Waals surface area contributed by atoms with E-state index in [0.29, 0.717) is 35.7 Å². The lowest BCUT2D eigenvalue weighted by molar-refractivity contribution is -0.121. The predicted molar refractivity (Wildman–Crippen MR) is 187 cm³/mol. The summed E-state index contributed by atoms with van der Waals surface area (Å²) in [5.41, 5.74) is 3.85. The van der Waals surface area contributed by atoms with Gasteiger partial charge in [0.1, 0.15) is 12.4 Å². The van der Waals surface area contributed by atoms with Crippen LogP contribution in [-0.2, 0) is 16.1 Å². The first-order valence-electron chi connectivity index (χ1n) is 17.0. The van der Waals surface area contributed by atoms with Gasteiger partial charge in [0.2, 0.25) is 5.91 Å². The minimum Gasteiger partial charge on any atom is -0.486 e. The second-order valence-electron chi connectivity index (χ2n) is 12.5. The number of carbonyl (C=O) groups excluding carboxylic acids is 2. The number of aromatic nitrogens is 4.